The molecule has 7 nitrogen and oxygen atoms in total. The molecule has 0 radical (unpaired) electrons. The molecule has 1 N–H and O–H groups in total. The number of rotatable bonds is 4. The Kier molecular flexibility index (Phi) is 5.97. The first-order valence-electron chi connectivity index (χ1n) is 15.9. The summed E-state index contributed by atoms with van der Waals surface area (Å²) in [5.74, 6) is 0.873. The van der Waals surface area contributed by atoms with Gasteiger partial charge >= 0.3 is 7.82 Å². The van der Waals surface area contributed by atoms with Crippen molar-refractivity contribution >= 4 is 7.82 Å². The van der Waals surface area contributed by atoms with Gasteiger partial charge in [-0.1, -0.05) is 109 Å². The van der Waals surface area contributed by atoms with Crippen LogP contribution in [-0.4, -0.2) is 17.5 Å². The maximum Gasteiger partial charge on any atom is 0.584 e. The third kappa shape index (κ3) is 4.25. The lowest BCUT2D eigenvalue weighted by Gasteiger charge is -2.20. The summed E-state index contributed by atoms with van der Waals surface area (Å²) in [6.07, 6.45) is -1.31. The Labute approximate surface area is 276 Å². The Bertz CT molecular complexity index is 2110. The summed E-state index contributed by atoms with van der Waals surface area (Å²) in [5.41, 5.74) is 8.62. The van der Waals surface area contributed by atoms with Crippen LogP contribution in [0, 0.1) is 0 Å². The summed E-state index contributed by atoms with van der Waals surface area (Å²) in [6.45, 7) is 0. The molecule has 4 heterocycles. The van der Waals surface area contributed by atoms with Crippen LogP contribution in [-0.2, 0) is 9.30 Å². The molecule has 4 atom stereocenters. The normalized spacial score (nSPS) is 23.9. The molecule has 0 aliphatic carbocycles. The highest BCUT2D eigenvalue weighted by Crippen LogP contribution is 2.67. The van der Waals surface area contributed by atoms with Crippen molar-refractivity contribution in [3.8, 4) is 67.5 Å². The summed E-state index contributed by atoms with van der Waals surface area (Å²) in [7, 11) is -4.75. The van der Waals surface area contributed by atoms with Gasteiger partial charge in [-0.2, -0.15) is 0 Å². The second-order valence-corrected chi connectivity index (χ2v) is 13.7. The largest absolute Gasteiger partial charge is 0.584 e. The van der Waals surface area contributed by atoms with Crippen LogP contribution in [0.5, 0.6) is 23.0 Å². The van der Waals surface area contributed by atoms with Gasteiger partial charge in [-0.15, -0.1) is 0 Å². The molecule has 0 unspecified atom stereocenters. The second kappa shape index (κ2) is 10.3. The molecule has 0 bridgehead atoms. The van der Waals surface area contributed by atoms with Gasteiger partial charge in [0.05, 0.1) is 11.8 Å². The summed E-state index contributed by atoms with van der Waals surface area (Å²) >= 11 is 0. The molecule has 234 valence electrons. The van der Waals surface area contributed by atoms with E-state index in [0.29, 0.717) is 33.8 Å². The van der Waals surface area contributed by atoms with Crippen molar-refractivity contribution in [3.63, 3.8) is 0 Å². The first-order chi connectivity index (χ1) is 23.5. The van der Waals surface area contributed by atoms with Crippen LogP contribution in [0.1, 0.15) is 23.0 Å². The van der Waals surface area contributed by atoms with E-state index < -0.39 is 20.4 Å². The van der Waals surface area contributed by atoms with Gasteiger partial charge in [-0.25, -0.2) is 4.57 Å². The van der Waals surface area contributed by atoms with Crippen LogP contribution in [0.3, 0.4) is 0 Å². The van der Waals surface area contributed by atoms with Crippen LogP contribution in [0.4, 0.5) is 0 Å². The first-order valence-corrected chi connectivity index (χ1v) is 17.4. The van der Waals surface area contributed by atoms with Crippen molar-refractivity contribution in [1.29, 1.82) is 0 Å². The summed E-state index contributed by atoms with van der Waals surface area (Å²) in [6, 6.07) is 43.8. The zero-order valence-electron chi connectivity index (χ0n) is 25.4. The Morgan fingerprint density at radius 3 is 1.25 bits per heavy atom. The van der Waals surface area contributed by atoms with Gasteiger partial charge in [0.1, 0.15) is 23.0 Å². The van der Waals surface area contributed by atoms with Crippen LogP contribution >= 0.6 is 7.82 Å². The molecule has 4 aliphatic rings. The maximum absolute atomic E-state index is 14.1. The molecule has 0 aromatic heterocycles. The Hall–Kier alpha value is -5.33. The molecule has 6 aromatic carbocycles. The topological polar surface area (TPSA) is 83.5 Å². The van der Waals surface area contributed by atoms with Crippen molar-refractivity contribution in [3.05, 3.63) is 145 Å². The minimum absolute atomic E-state index is 0.248. The molecule has 8 heteroatoms. The van der Waals surface area contributed by atoms with Crippen molar-refractivity contribution in [1.82, 2.24) is 0 Å². The average molecular weight is 651 g/mol. The minimum atomic E-state index is -4.75. The van der Waals surface area contributed by atoms with E-state index in [2.05, 4.69) is 24.3 Å². The molecule has 48 heavy (non-hydrogen) atoms. The standard InChI is InChI=1S/C40H27O7P/c41-48(42)46-37-29(27-15-11-25(12-16-27)23-7-3-1-4-8-23)19-21-31-33(37)35-36-34-32(44-40(36)45-39(35)43-31)22-20-30(38(34)47-48)28-17-13-26(14-18-28)24-9-5-2-6-10-24/h1-22,35-36,39-40H,(H,41,42)/t35-,36-,39+,40+/m1/s1. The molecule has 0 amide bonds. The molecule has 6 aromatic rings. The number of hydrogen-bond acceptors (Lipinski definition) is 6. The van der Waals surface area contributed by atoms with E-state index in [1.165, 1.54) is 0 Å². The first kappa shape index (κ1) is 27.8. The molecule has 10 rings (SSSR count). The predicted octanol–water partition coefficient (Wildman–Crippen LogP) is 9.56. The zero-order valence-corrected chi connectivity index (χ0v) is 26.2. The second-order valence-electron chi connectivity index (χ2n) is 12.4. The predicted molar refractivity (Wildman–Crippen MR) is 181 cm³/mol. The van der Waals surface area contributed by atoms with Gasteiger partial charge in [0, 0.05) is 22.3 Å². The average Bonchev–Trinajstić information content (AvgIpc) is 3.77. The lowest BCUT2D eigenvalue weighted by Crippen LogP contribution is -2.19. The van der Waals surface area contributed by atoms with E-state index in [-0.39, 0.29) is 23.3 Å². The molecule has 0 spiro atoms. The van der Waals surface area contributed by atoms with E-state index in [4.69, 9.17) is 23.3 Å². The van der Waals surface area contributed by atoms with E-state index in [1.807, 2.05) is 109 Å². The fraction of sp³-hybridized carbons (Fsp3) is 0.100. The summed E-state index contributed by atoms with van der Waals surface area (Å²) in [4.78, 5) is 11.5. The van der Waals surface area contributed by atoms with E-state index in [1.54, 1.807) is 0 Å². The Morgan fingerprint density at radius 1 is 0.458 bits per heavy atom. The van der Waals surface area contributed by atoms with Crippen LogP contribution in [0.25, 0.3) is 44.5 Å². The maximum atomic E-state index is 14.1. The highest BCUT2D eigenvalue weighted by atomic mass is 31.2. The van der Waals surface area contributed by atoms with Crippen molar-refractivity contribution in [2.45, 2.75) is 24.4 Å². The van der Waals surface area contributed by atoms with Crippen LogP contribution < -0.4 is 18.5 Å². The molecular formula is C40H27O7P. The highest BCUT2D eigenvalue weighted by Gasteiger charge is 2.60. The van der Waals surface area contributed by atoms with Crippen molar-refractivity contribution in [2.24, 2.45) is 0 Å². The van der Waals surface area contributed by atoms with Gasteiger partial charge in [0.15, 0.2) is 0 Å². The van der Waals surface area contributed by atoms with Gasteiger partial charge in [-0.3, -0.25) is 4.89 Å². The van der Waals surface area contributed by atoms with E-state index in [0.717, 1.165) is 33.4 Å². The lowest BCUT2D eigenvalue weighted by molar-refractivity contribution is -0.132. The highest BCUT2D eigenvalue weighted by molar-refractivity contribution is 7.48. The number of ether oxygens (including phenoxy) is 3. The number of hydrogen-bond donors (Lipinski definition) is 1. The molecular weight excluding hydrogens is 623 g/mol. The fourth-order valence-corrected chi connectivity index (χ4v) is 8.46. The summed E-state index contributed by atoms with van der Waals surface area (Å²) in [5, 5.41) is 0. The summed E-state index contributed by atoms with van der Waals surface area (Å²) < 4.78 is 45.3. The van der Waals surface area contributed by atoms with Crippen molar-refractivity contribution < 1.29 is 32.7 Å². The monoisotopic (exact) mass is 650 g/mol. The van der Waals surface area contributed by atoms with Gasteiger partial charge in [0.25, 0.3) is 0 Å². The Morgan fingerprint density at radius 2 is 0.833 bits per heavy atom. The molecule has 1 saturated heterocycles. The third-order valence-corrected chi connectivity index (χ3v) is 10.6. The van der Waals surface area contributed by atoms with E-state index >= 15 is 0 Å². The lowest BCUT2D eigenvalue weighted by atomic mass is 9.81. The van der Waals surface area contributed by atoms with E-state index in [9.17, 15) is 9.46 Å². The SMILES string of the molecule is O=P1(O)Oc2c(-c3ccc(-c4ccccc4)cc3)ccc3c2[C@H]2[C@@H](O3)O[C@@H]3Oc4ccc(-c5ccc(-c6ccccc6)cc5)c(c4[C@@H]32)O1. The van der Waals surface area contributed by atoms with Gasteiger partial charge in [0.2, 0.25) is 12.6 Å². The quantitative estimate of drug-likeness (QED) is 0.190. The van der Waals surface area contributed by atoms with Gasteiger partial charge < -0.3 is 23.3 Å². The van der Waals surface area contributed by atoms with Gasteiger partial charge in [-0.05, 0) is 57.6 Å². The minimum Gasteiger partial charge on any atom is -0.464 e. The molecule has 4 aliphatic heterocycles. The van der Waals surface area contributed by atoms with Crippen LogP contribution in [0.2, 0.25) is 0 Å². The third-order valence-electron chi connectivity index (χ3n) is 9.73. The number of phosphoric acid groups is 1. The van der Waals surface area contributed by atoms with Crippen molar-refractivity contribution in [2.75, 3.05) is 0 Å². The van der Waals surface area contributed by atoms with Crippen LogP contribution in [0.15, 0.2) is 133 Å². The Balaban J connectivity index is 1.11. The number of benzene rings is 6. The zero-order chi connectivity index (χ0) is 32.0. The smallest absolute Gasteiger partial charge is 0.464 e. The molecule has 0 saturated carbocycles. The fourth-order valence-electron chi connectivity index (χ4n) is 7.57. The number of phosphoric ester groups is 1. The molecule has 1 fully saturated rings.